The number of imidazole rings is 1. The molecular formula is C18H27N5O3S. The molecule has 2 aromatic rings. The number of fused-ring (bicyclic) bond motifs is 1. The lowest BCUT2D eigenvalue weighted by atomic mass is 9.98. The summed E-state index contributed by atoms with van der Waals surface area (Å²) in [5.41, 5.74) is -0.00730. The number of carbonyl (C=O) groups is 1. The molecule has 0 bridgehead atoms. The molecule has 3 rings (SSSR count). The summed E-state index contributed by atoms with van der Waals surface area (Å²) in [7, 11) is 3.07. The molecule has 1 saturated heterocycles. The average Bonchev–Trinajstić information content (AvgIpc) is 3.01. The number of amides is 1. The second kappa shape index (κ2) is 7.53. The van der Waals surface area contributed by atoms with Crippen molar-refractivity contribution in [2.75, 3.05) is 5.75 Å². The lowest BCUT2D eigenvalue weighted by Crippen LogP contribution is -2.48. The largest absolute Gasteiger partial charge is 0.337 e. The number of carbonyl (C=O) groups excluding carboxylic acids is 1. The Labute approximate surface area is 162 Å². The lowest BCUT2D eigenvalue weighted by Gasteiger charge is -2.39. The first-order valence-electron chi connectivity index (χ1n) is 9.38. The second-order valence-electron chi connectivity index (χ2n) is 7.24. The highest BCUT2D eigenvalue weighted by Crippen LogP contribution is 2.26. The molecule has 27 heavy (non-hydrogen) atoms. The minimum absolute atomic E-state index is 0.0937. The SMILES string of the molecule is CCn1c(SCC(=O)N2C(C)CCCC2C)nc2c1c(=O)n(C)c(=O)n2C. The van der Waals surface area contributed by atoms with Gasteiger partial charge in [-0.1, -0.05) is 11.8 Å². The first-order chi connectivity index (χ1) is 12.8. The summed E-state index contributed by atoms with van der Waals surface area (Å²) in [6, 6.07) is 0.500. The molecule has 0 aromatic carbocycles. The number of rotatable bonds is 4. The van der Waals surface area contributed by atoms with Crippen LogP contribution in [-0.4, -0.2) is 47.3 Å². The molecule has 2 aromatic heterocycles. The van der Waals surface area contributed by atoms with E-state index >= 15 is 0 Å². The highest BCUT2D eigenvalue weighted by molar-refractivity contribution is 7.99. The normalized spacial score (nSPS) is 20.4. The maximum Gasteiger partial charge on any atom is 0.332 e. The third-order valence-corrected chi connectivity index (χ3v) is 6.40. The summed E-state index contributed by atoms with van der Waals surface area (Å²) >= 11 is 1.33. The quantitative estimate of drug-likeness (QED) is 0.732. The van der Waals surface area contributed by atoms with Crippen molar-refractivity contribution >= 4 is 28.8 Å². The fraction of sp³-hybridized carbons (Fsp3) is 0.667. The zero-order valence-electron chi connectivity index (χ0n) is 16.6. The minimum atomic E-state index is -0.406. The van der Waals surface area contributed by atoms with Crippen LogP contribution in [0.4, 0.5) is 0 Å². The molecule has 3 heterocycles. The smallest absolute Gasteiger partial charge is 0.332 e. The van der Waals surface area contributed by atoms with Crippen LogP contribution in [0.25, 0.3) is 11.2 Å². The molecule has 1 amide bonds. The minimum Gasteiger partial charge on any atom is -0.337 e. The van der Waals surface area contributed by atoms with Crippen LogP contribution in [0.3, 0.4) is 0 Å². The van der Waals surface area contributed by atoms with E-state index in [1.54, 1.807) is 11.6 Å². The van der Waals surface area contributed by atoms with Gasteiger partial charge in [0, 0.05) is 32.7 Å². The van der Waals surface area contributed by atoms with E-state index in [1.807, 2.05) is 11.8 Å². The zero-order valence-corrected chi connectivity index (χ0v) is 17.4. The van der Waals surface area contributed by atoms with Crippen LogP contribution in [0.5, 0.6) is 0 Å². The van der Waals surface area contributed by atoms with Gasteiger partial charge in [0.1, 0.15) is 0 Å². The van der Waals surface area contributed by atoms with Gasteiger partial charge in [-0.05, 0) is 40.0 Å². The first kappa shape index (κ1) is 19.7. The average molecular weight is 394 g/mol. The van der Waals surface area contributed by atoms with Crippen LogP contribution in [0.15, 0.2) is 14.7 Å². The molecule has 0 spiro atoms. The van der Waals surface area contributed by atoms with Gasteiger partial charge in [0.2, 0.25) is 5.91 Å². The van der Waals surface area contributed by atoms with E-state index in [2.05, 4.69) is 18.8 Å². The molecular weight excluding hydrogens is 366 g/mol. The Morgan fingerprint density at radius 2 is 1.78 bits per heavy atom. The van der Waals surface area contributed by atoms with E-state index in [1.165, 1.54) is 23.4 Å². The van der Waals surface area contributed by atoms with Gasteiger partial charge in [0.25, 0.3) is 5.56 Å². The number of likely N-dealkylation sites (tertiary alicyclic amines) is 1. The fourth-order valence-electron chi connectivity index (χ4n) is 3.94. The van der Waals surface area contributed by atoms with Gasteiger partial charge < -0.3 is 9.47 Å². The number of hydrogen-bond donors (Lipinski definition) is 0. The third-order valence-electron chi connectivity index (χ3n) is 5.44. The highest BCUT2D eigenvalue weighted by Gasteiger charge is 2.29. The molecule has 0 aliphatic carbocycles. The summed E-state index contributed by atoms with van der Waals surface area (Å²) in [6.07, 6.45) is 3.22. The van der Waals surface area contributed by atoms with E-state index < -0.39 is 5.69 Å². The Morgan fingerprint density at radius 1 is 1.15 bits per heavy atom. The molecule has 1 fully saturated rings. The van der Waals surface area contributed by atoms with Crippen molar-refractivity contribution in [2.24, 2.45) is 14.1 Å². The Bertz CT molecular complexity index is 980. The molecule has 0 radical (unpaired) electrons. The molecule has 148 valence electrons. The van der Waals surface area contributed by atoms with Crippen molar-refractivity contribution in [1.29, 1.82) is 0 Å². The van der Waals surface area contributed by atoms with E-state index in [0.717, 1.165) is 23.8 Å². The molecule has 1 aliphatic heterocycles. The standard InChI is InChI=1S/C18H27N5O3S/c1-6-22-14-15(20(4)18(26)21(5)16(14)25)19-17(22)27-10-13(24)23-11(2)8-7-9-12(23)3/h11-12H,6-10H2,1-5H3. The summed E-state index contributed by atoms with van der Waals surface area (Å²) in [4.78, 5) is 44.0. The number of aryl methyl sites for hydroxylation is 2. The van der Waals surface area contributed by atoms with Gasteiger partial charge in [-0.25, -0.2) is 9.78 Å². The van der Waals surface area contributed by atoms with Crippen molar-refractivity contribution in [1.82, 2.24) is 23.6 Å². The molecule has 9 heteroatoms. The van der Waals surface area contributed by atoms with Crippen LogP contribution < -0.4 is 11.2 Å². The highest BCUT2D eigenvalue weighted by atomic mass is 32.2. The van der Waals surface area contributed by atoms with Crippen molar-refractivity contribution in [3.8, 4) is 0 Å². The predicted molar refractivity (Wildman–Crippen MR) is 106 cm³/mol. The number of aromatic nitrogens is 4. The Hall–Kier alpha value is -2.03. The summed E-state index contributed by atoms with van der Waals surface area (Å²) < 4.78 is 4.26. The molecule has 8 nitrogen and oxygen atoms in total. The van der Waals surface area contributed by atoms with Crippen LogP contribution >= 0.6 is 11.8 Å². The number of hydrogen-bond acceptors (Lipinski definition) is 5. The molecule has 0 saturated carbocycles. The van der Waals surface area contributed by atoms with E-state index in [4.69, 9.17) is 0 Å². The van der Waals surface area contributed by atoms with Crippen LogP contribution in [0, 0.1) is 0 Å². The maximum atomic E-state index is 12.8. The van der Waals surface area contributed by atoms with Crippen LogP contribution in [-0.2, 0) is 25.4 Å². The topological polar surface area (TPSA) is 82.1 Å². The van der Waals surface area contributed by atoms with E-state index in [9.17, 15) is 14.4 Å². The number of nitrogens with zero attached hydrogens (tertiary/aromatic N) is 5. The predicted octanol–water partition coefficient (Wildman–Crippen LogP) is 1.34. The summed E-state index contributed by atoms with van der Waals surface area (Å²) in [5, 5.41) is 0.594. The summed E-state index contributed by atoms with van der Waals surface area (Å²) in [5.74, 6) is 0.364. The lowest BCUT2D eigenvalue weighted by molar-refractivity contribution is -0.134. The van der Waals surface area contributed by atoms with E-state index in [-0.39, 0.29) is 29.3 Å². The zero-order chi connectivity index (χ0) is 19.9. The molecule has 2 unspecified atom stereocenters. The van der Waals surface area contributed by atoms with Gasteiger partial charge in [0.15, 0.2) is 16.3 Å². The van der Waals surface area contributed by atoms with Gasteiger partial charge >= 0.3 is 5.69 Å². The maximum absolute atomic E-state index is 12.8. The third kappa shape index (κ3) is 3.33. The summed E-state index contributed by atoms with van der Waals surface area (Å²) in [6.45, 7) is 6.65. The van der Waals surface area contributed by atoms with Crippen LogP contribution in [0.2, 0.25) is 0 Å². The van der Waals surface area contributed by atoms with Gasteiger partial charge in [-0.2, -0.15) is 0 Å². The van der Waals surface area contributed by atoms with Crippen LogP contribution in [0.1, 0.15) is 40.0 Å². The molecule has 0 N–H and O–H groups in total. The van der Waals surface area contributed by atoms with Crippen molar-refractivity contribution in [2.45, 2.75) is 63.8 Å². The van der Waals surface area contributed by atoms with Gasteiger partial charge in [-0.3, -0.25) is 18.7 Å². The van der Waals surface area contributed by atoms with Gasteiger partial charge in [-0.15, -0.1) is 0 Å². The Kier molecular flexibility index (Phi) is 5.50. The second-order valence-corrected chi connectivity index (χ2v) is 8.18. The van der Waals surface area contributed by atoms with Crippen molar-refractivity contribution in [3.63, 3.8) is 0 Å². The van der Waals surface area contributed by atoms with E-state index in [0.29, 0.717) is 22.9 Å². The fourth-order valence-corrected chi connectivity index (χ4v) is 4.87. The Morgan fingerprint density at radius 3 is 2.37 bits per heavy atom. The number of piperidine rings is 1. The Balaban J connectivity index is 1.93. The van der Waals surface area contributed by atoms with Gasteiger partial charge in [0.05, 0.1) is 5.75 Å². The van der Waals surface area contributed by atoms with Crippen molar-refractivity contribution < 1.29 is 4.79 Å². The van der Waals surface area contributed by atoms with Crippen molar-refractivity contribution in [3.05, 3.63) is 20.8 Å². The molecule has 2 atom stereocenters. The molecule has 1 aliphatic rings. The first-order valence-corrected chi connectivity index (χ1v) is 10.4. The monoisotopic (exact) mass is 393 g/mol. The number of thioether (sulfide) groups is 1.